The number of alkyl halides is 2. The maximum absolute atomic E-state index is 11.9. The van der Waals surface area contributed by atoms with E-state index < -0.39 is 18.4 Å². The highest BCUT2D eigenvalue weighted by Gasteiger charge is 2.17. The van der Waals surface area contributed by atoms with Gasteiger partial charge in [0.15, 0.2) is 0 Å². The van der Waals surface area contributed by atoms with E-state index in [1.54, 1.807) is 25.3 Å². The van der Waals surface area contributed by atoms with E-state index in [1.165, 1.54) is 6.20 Å². The smallest absolute Gasteiger partial charge is 0.315 e. The topological polar surface area (TPSA) is 42.0 Å². The van der Waals surface area contributed by atoms with Crippen LogP contribution in [0.15, 0.2) is 24.5 Å². The molecule has 76 valence electrons. The average Bonchev–Trinajstić information content (AvgIpc) is 2.19. The molecule has 1 atom stereocenters. The van der Waals surface area contributed by atoms with Crippen LogP contribution in [0.5, 0.6) is 0 Å². The first kappa shape index (κ1) is 10.6. The summed E-state index contributed by atoms with van der Waals surface area (Å²) < 4.78 is 23.8. The number of nitrogens with one attached hydrogen (secondary N) is 1. The van der Waals surface area contributed by atoms with E-state index in [2.05, 4.69) is 10.3 Å². The molecule has 1 amide bonds. The van der Waals surface area contributed by atoms with Gasteiger partial charge in [-0.1, -0.05) is 6.07 Å². The second kappa shape index (κ2) is 4.64. The summed E-state index contributed by atoms with van der Waals surface area (Å²) in [5.41, 5.74) is 0.696. The summed E-state index contributed by atoms with van der Waals surface area (Å²) in [6, 6.07) is 2.94. The fourth-order valence-corrected chi connectivity index (χ4v) is 0.992. The van der Waals surface area contributed by atoms with Crippen molar-refractivity contribution in [2.75, 3.05) is 0 Å². The molecule has 0 spiro atoms. The van der Waals surface area contributed by atoms with Crippen LogP contribution >= 0.6 is 0 Å². The molecule has 3 nitrogen and oxygen atoms in total. The number of rotatable bonds is 3. The van der Waals surface area contributed by atoms with E-state index in [0.29, 0.717) is 5.56 Å². The summed E-state index contributed by atoms with van der Waals surface area (Å²) in [6.07, 6.45) is 0.121. The highest BCUT2D eigenvalue weighted by atomic mass is 19.3. The summed E-state index contributed by atoms with van der Waals surface area (Å²) in [5, 5.41) is 2.17. The van der Waals surface area contributed by atoms with Gasteiger partial charge in [0.25, 0.3) is 5.91 Å². The van der Waals surface area contributed by atoms with Crippen LogP contribution < -0.4 is 5.32 Å². The first-order valence-electron chi connectivity index (χ1n) is 4.09. The monoisotopic (exact) mass is 200 g/mol. The van der Waals surface area contributed by atoms with Gasteiger partial charge in [-0.25, -0.2) is 0 Å². The highest BCUT2D eigenvalue weighted by molar-refractivity contribution is 5.79. The van der Waals surface area contributed by atoms with Crippen molar-refractivity contribution in [3.8, 4) is 0 Å². The van der Waals surface area contributed by atoms with Gasteiger partial charge in [0, 0.05) is 12.4 Å². The lowest BCUT2D eigenvalue weighted by atomic mass is 10.1. The maximum atomic E-state index is 11.9. The predicted molar refractivity (Wildman–Crippen MR) is 46.8 cm³/mol. The number of pyridine rings is 1. The van der Waals surface area contributed by atoms with Gasteiger partial charge in [-0.3, -0.25) is 9.78 Å². The molecule has 0 saturated carbocycles. The second-order valence-electron chi connectivity index (χ2n) is 2.82. The standard InChI is InChI=1S/C9H10F2N2O/c1-6(13-9(14)8(10)11)7-3-2-4-12-5-7/h2-6,8H,1H3,(H,13,14). The Balaban J connectivity index is 2.59. The molecule has 1 aromatic rings. The molecule has 1 unspecified atom stereocenters. The van der Waals surface area contributed by atoms with E-state index in [9.17, 15) is 13.6 Å². The number of aromatic nitrogens is 1. The summed E-state index contributed by atoms with van der Waals surface area (Å²) in [7, 11) is 0. The van der Waals surface area contributed by atoms with E-state index in [0.717, 1.165) is 0 Å². The molecule has 0 aliphatic heterocycles. The molecule has 14 heavy (non-hydrogen) atoms. The average molecular weight is 200 g/mol. The molecule has 0 saturated heterocycles. The maximum Gasteiger partial charge on any atom is 0.315 e. The third kappa shape index (κ3) is 2.76. The van der Waals surface area contributed by atoms with Crippen LogP contribution in [0, 0.1) is 0 Å². The van der Waals surface area contributed by atoms with Crippen LogP contribution in [0.4, 0.5) is 8.78 Å². The highest BCUT2D eigenvalue weighted by Crippen LogP contribution is 2.10. The lowest BCUT2D eigenvalue weighted by Gasteiger charge is -2.12. The zero-order valence-corrected chi connectivity index (χ0v) is 7.58. The van der Waals surface area contributed by atoms with Gasteiger partial charge in [-0.2, -0.15) is 8.78 Å². The molecular weight excluding hydrogens is 190 g/mol. The Morgan fingerprint density at radius 1 is 1.57 bits per heavy atom. The Morgan fingerprint density at radius 2 is 2.29 bits per heavy atom. The minimum Gasteiger partial charge on any atom is -0.345 e. The SMILES string of the molecule is CC(NC(=O)C(F)F)c1cccnc1. The Labute approximate surface area is 80.2 Å². The summed E-state index contributed by atoms with van der Waals surface area (Å²) >= 11 is 0. The fraction of sp³-hybridized carbons (Fsp3) is 0.333. The zero-order valence-electron chi connectivity index (χ0n) is 7.58. The van der Waals surface area contributed by atoms with Gasteiger partial charge >= 0.3 is 6.43 Å². The largest absolute Gasteiger partial charge is 0.345 e. The van der Waals surface area contributed by atoms with Crippen LogP contribution in [0.25, 0.3) is 0 Å². The lowest BCUT2D eigenvalue weighted by Crippen LogP contribution is -2.31. The molecule has 1 N–H and O–H groups in total. The van der Waals surface area contributed by atoms with Crippen LogP contribution in [0.2, 0.25) is 0 Å². The molecule has 0 fully saturated rings. The quantitative estimate of drug-likeness (QED) is 0.803. The van der Waals surface area contributed by atoms with Crippen molar-refractivity contribution in [2.45, 2.75) is 19.4 Å². The van der Waals surface area contributed by atoms with E-state index in [1.807, 2.05) is 0 Å². The van der Waals surface area contributed by atoms with E-state index in [4.69, 9.17) is 0 Å². The van der Waals surface area contributed by atoms with Gasteiger partial charge in [0.2, 0.25) is 0 Å². The van der Waals surface area contributed by atoms with E-state index in [-0.39, 0.29) is 0 Å². The molecule has 0 radical (unpaired) electrons. The van der Waals surface area contributed by atoms with Crippen LogP contribution in [0.1, 0.15) is 18.5 Å². The van der Waals surface area contributed by atoms with Crippen molar-refractivity contribution in [3.63, 3.8) is 0 Å². The molecule has 0 bridgehead atoms. The van der Waals surface area contributed by atoms with Crippen molar-refractivity contribution in [2.24, 2.45) is 0 Å². The molecule has 1 heterocycles. The molecule has 0 aliphatic rings. The molecule has 1 aromatic heterocycles. The third-order valence-electron chi connectivity index (χ3n) is 1.74. The van der Waals surface area contributed by atoms with Gasteiger partial charge in [0.05, 0.1) is 6.04 Å². The molecule has 1 rings (SSSR count). The van der Waals surface area contributed by atoms with Crippen LogP contribution in [0.3, 0.4) is 0 Å². The van der Waals surface area contributed by atoms with Crippen molar-refractivity contribution >= 4 is 5.91 Å². The van der Waals surface area contributed by atoms with Crippen molar-refractivity contribution in [3.05, 3.63) is 30.1 Å². The molecule has 5 heteroatoms. The molecule has 0 aliphatic carbocycles. The number of carbonyl (C=O) groups excluding carboxylic acids is 1. The van der Waals surface area contributed by atoms with Crippen molar-refractivity contribution in [1.29, 1.82) is 0 Å². The van der Waals surface area contributed by atoms with Crippen molar-refractivity contribution < 1.29 is 13.6 Å². The summed E-state index contributed by atoms with van der Waals surface area (Å²) in [5.74, 6) is -1.26. The Morgan fingerprint density at radius 3 is 2.79 bits per heavy atom. The zero-order chi connectivity index (χ0) is 10.6. The number of carbonyl (C=O) groups is 1. The minimum atomic E-state index is -2.98. The summed E-state index contributed by atoms with van der Waals surface area (Å²) in [6.45, 7) is 1.62. The number of nitrogens with zero attached hydrogens (tertiary/aromatic N) is 1. The van der Waals surface area contributed by atoms with Gasteiger partial charge in [-0.15, -0.1) is 0 Å². The Kier molecular flexibility index (Phi) is 3.50. The van der Waals surface area contributed by atoms with Crippen LogP contribution in [-0.4, -0.2) is 17.3 Å². The van der Waals surface area contributed by atoms with Crippen LogP contribution in [-0.2, 0) is 4.79 Å². The van der Waals surface area contributed by atoms with Gasteiger partial charge in [0.1, 0.15) is 0 Å². The van der Waals surface area contributed by atoms with Gasteiger partial charge < -0.3 is 5.32 Å². The van der Waals surface area contributed by atoms with Crippen molar-refractivity contribution in [1.82, 2.24) is 10.3 Å². The number of halogens is 2. The Bertz CT molecular complexity index is 303. The number of hydrogen-bond donors (Lipinski definition) is 1. The third-order valence-corrected chi connectivity index (χ3v) is 1.74. The lowest BCUT2D eigenvalue weighted by molar-refractivity contribution is -0.132. The summed E-state index contributed by atoms with van der Waals surface area (Å²) in [4.78, 5) is 14.5. The van der Waals surface area contributed by atoms with Gasteiger partial charge in [-0.05, 0) is 18.6 Å². The number of hydrogen-bond acceptors (Lipinski definition) is 2. The Hall–Kier alpha value is -1.52. The predicted octanol–water partition coefficient (Wildman–Crippen LogP) is 1.52. The fourth-order valence-electron chi connectivity index (χ4n) is 0.992. The number of amides is 1. The first-order chi connectivity index (χ1) is 6.61. The first-order valence-corrected chi connectivity index (χ1v) is 4.09. The normalized spacial score (nSPS) is 12.6. The van der Waals surface area contributed by atoms with E-state index >= 15 is 0 Å². The second-order valence-corrected chi connectivity index (χ2v) is 2.82. The molecule has 0 aromatic carbocycles. The molecular formula is C9H10F2N2O. The minimum absolute atomic E-state index is 0.454.